The van der Waals surface area contributed by atoms with Crippen LogP contribution in [0.2, 0.25) is 10.2 Å². The molecule has 0 radical (unpaired) electrons. The molecule has 0 aliphatic heterocycles. The number of nitrogens with zero attached hydrogens (tertiary/aromatic N) is 1. The molecule has 0 unspecified atom stereocenters. The predicted octanol–water partition coefficient (Wildman–Crippen LogP) is 4.05. The fraction of sp³-hybridized carbons (Fsp3) is 0.143. The van der Waals surface area contributed by atoms with Gasteiger partial charge in [-0.3, -0.25) is 0 Å². The SMILES string of the molecule is Cc1ccc(C(=O)OCc2nc(Cl)ccc2Cl)cc1. The molecule has 0 atom stereocenters. The van der Waals surface area contributed by atoms with Crippen LogP contribution >= 0.6 is 23.2 Å². The van der Waals surface area contributed by atoms with E-state index in [1.54, 1.807) is 24.3 Å². The summed E-state index contributed by atoms with van der Waals surface area (Å²) in [4.78, 5) is 15.8. The van der Waals surface area contributed by atoms with E-state index in [1.165, 1.54) is 0 Å². The molecular formula is C14H11Cl2NO2. The van der Waals surface area contributed by atoms with Crippen molar-refractivity contribution < 1.29 is 9.53 Å². The van der Waals surface area contributed by atoms with Gasteiger partial charge >= 0.3 is 5.97 Å². The highest BCUT2D eigenvalue weighted by Crippen LogP contribution is 2.18. The minimum Gasteiger partial charge on any atom is -0.456 e. The number of hydrogen-bond donors (Lipinski definition) is 0. The summed E-state index contributed by atoms with van der Waals surface area (Å²) in [5.41, 5.74) is 2.01. The minimum atomic E-state index is -0.419. The fourth-order valence-corrected chi connectivity index (χ4v) is 1.79. The number of pyridine rings is 1. The molecule has 1 heterocycles. The van der Waals surface area contributed by atoms with Crippen molar-refractivity contribution >= 4 is 29.2 Å². The third-order valence-corrected chi connectivity index (χ3v) is 3.07. The van der Waals surface area contributed by atoms with Crippen LogP contribution in [0.15, 0.2) is 36.4 Å². The molecule has 0 fully saturated rings. The Balaban J connectivity index is 2.04. The van der Waals surface area contributed by atoms with E-state index < -0.39 is 5.97 Å². The van der Waals surface area contributed by atoms with Crippen LogP contribution in [0.25, 0.3) is 0 Å². The van der Waals surface area contributed by atoms with Crippen LogP contribution in [0.4, 0.5) is 0 Å². The Hall–Kier alpha value is -1.58. The van der Waals surface area contributed by atoms with Crippen LogP contribution in [0.1, 0.15) is 21.6 Å². The van der Waals surface area contributed by atoms with Gasteiger partial charge in [0.15, 0.2) is 0 Å². The number of benzene rings is 1. The van der Waals surface area contributed by atoms with E-state index in [0.29, 0.717) is 21.4 Å². The van der Waals surface area contributed by atoms with Crippen molar-refractivity contribution in [3.05, 3.63) is 63.4 Å². The van der Waals surface area contributed by atoms with Gasteiger partial charge in [-0.1, -0.05) is 40.9 Å². The lowest BCUT2D eigenvalue weighted by Gasteiger charge is -2.06. The number of carbonyl (C=O) groups is 1. The first-order chi connectivity index (χ1) is 9.06. The molecule has 0 bridgehead atoms. The standard InChI is InChI=1S/C14H11Cl2NO2/c1-9-2-4-10(5-3-9)14(18)19-8-12-11(15)6-7-13(16)17-12/h2-7H,8H2,1H3. The maximum atomic E-state index is 11.8. The highest BCUT2D eigenvalue weighted by atomic mass is 35.5. The van der Waals surface area contributed by atoms with Crippen LogP contribution in [0.3, 0.4) is 0 Å². The molecule has 19 heavy (non-hydrogen) atoms. The lowest BCUT2D eigenvalue weighted by molar-refractivity contribution is 0.0468. The first-order valence-electron chi connectivity index (χ1n) is 5.61. The van der Waals surface area contributed by atoms with E-state index in [4.69, 9.17) is 27.9 Å². The maximum Gasteiger partial charge on any atom is 0.338 e. The molecule has 1 aromatic heterocycles. The normalized spacial score (nSPS) is 10.3. The average molecular weight is 296 g/mol. The van der Waals surface area contributed by atoms with Crippen LogP contribution in [0, 0.1) is 6.92 Å². The van der Waals surface area contributed by atoms with Gasteiger partial charge in [0.05, 0.1) is 16.3 Å². The van der Waals surface area contributed by atoms with Gasteiger partial charge in [-0.15, -0.1) is 0 Å². The van der Waals surface area contributed by atoms with Gasteiger partial charge in [0.1, 0.15) is 11.8 Å². The zero-order valence-corrected chi connectivity index (χ0v) is 11.7. The smallest absolute Gasteiger partial charge is 0.338 e. The molecule has 0 spiro atoms. The van der Waals surface area contributed by atoms with Gasteiger partial charge < -0.3 is 4.74 Å². The van der Waals surface area contributed by atoms with E-state index >= 15 is 0 Å². The number of ether oxygens (including phenoxy) is 1. The van der Waals surface area contributed by atoms with E-state index in [2.05, 4.69) is 4.98 Å². The molecule has 0 saturated carbocycles. The van der Waals surface area contributed by atoms with Crippen molar-refractivity contribution in [1.29, 1.82) is 0 Å². The quantitative estimate of drug-likeness (QED) is 0.633. The molecule has 0 aliphatic carbocycles. The number of halogens is 2. The van der Waals surface area contributed by atoms with Crippen molar-refractivity contribution in [3.63, 3.8) is 0 Å². The third kappa shape index (κ3) is 3.69. The maximum absolute atomic E-state index is 11.8. The first kappa shape index (κ1) is 13.8. The van der Waals surface area contributed by atoms with E-state index in [9.17, 15) is 4.79 Å². The molecule has 98 valence electrons. The second-order valence-corrected chi connectivity index (χ2v) is 4.80. The van der Waals surface area contributed by atoms with Gasteiger partial charge in [0.25, 0.3) is 0 Å². The van der Waals surface area contributed by atoms with E-state index in [1.807, 2.05) is 19.1 Å². The summed E-state index contributed by atoms with van der Waals surface area (Å²) in [6.07, 6.45) is 0. The van der Waals surface area contributed by atoms with Gasteiger partial charge in [0, 0.05) is 0 Å². The number of hydrogen-bond acceptors (Lipinski definition) is 3. The van der Waals surface area contributed by atoms with Crippen LogP contribution in [-0.2, 0) is 11.3 Å². The Morgan fingerprint density at radius 1 is 1.16 bits per heavy atom. The zero-order chi connectivity index (χ0) is 13.8. The Bertz CT molecular complexity index is 597. The monoisotopic (exact) mass is 295 g/mol. The van der Waals surface area contributed by atoms with Gasteiger partial charge in [-0.25, -0.2) is 9.78 Å². The Morgan fingerprint density at radius 3 is 2.53 bits per heavy atom. The van der Waals surface area contributed by atoms with Crippen LogP contribution < -0.4 is 0 Å². The largest absolute Gasteiger partial charge is 0.456 e. The van der Waals surface area contributed by atoms with Crippen molar-refractivity contribution in [1.82, 2.24) is 4.98 Å². The van der Waals surface area contributed by atoms with Crippen molar-refractivity contribution in [2.45, 2.75) is 13.5 Å². The van der Waals surface area contributed by atoms with Crippen molar-refractivity contribution in [3.8, 4) is 0 Å². The Morgan fingerprint density at radius 2 is 1.84 bits per heavy atom. The summed E-state index contributed by atoms with van der Waals surface area (Å²) in [7, 11) is 0. The number of rotatable bonds is 3. The summed E-state index contributed by atoms with van der Waals surface area (Å²) in [5.74, 6) is -0.419. The van der Waals surface area contributed by atoms with Crippen molar-refractivity contribution in [2.24, 2.45) is 0 Å². The molecule has 0 aliphatic rings. The van der Waals surface area contributed by atoms with Crippen LogP contribution in [0.5, 0.6) is 0 Å². The second kappa shape index (κ2) is 6.04. The van der Waals surface area contributed by atoms with Gasteiger partial charge in [0.2, 0.25) is 0 Å². The molecule has 0 amide bonds. The van der Waals surface area contributed by atoms with E-state index in [-0.39, 0.29) is 6.61 Å². The number of aromatic nitrogens is 1. The first-order valence-corrected chi connectivity index (χ1v) is 6.36. The molecule has 3 nitrogen and oxygen atoms in total. The van der Waals surface area contributed by atoms with E-state index in [0.717, 1.165) is 5.56 Å². The fourth-order valence-electron chi connectivity index (χ4n) is 1.47. The topological polar surface area (TPSA) is 39.2 Å². The van der Waals surface area contributed by atoms with Gasteiger partial charge in [-0.05, 0) is 31.2 Å². The van der Waals surface area contributed by atoms with Crippen molar-refractivity contribution in [2.75, 3.05) is 0 Å². The number of carbonyl (C=O) groups excluding carboxylic acids is 1. The molecule has 2 aromatic rings. The lowest BCUT2D eigenvalue weighted by Crippen LogP contribution is -2.06. The lowest BCUT2D eigenvalue weighted by atomic mass is 10.1. The summed E-state index contributed by atoms with van der Waals surface area (Å²) in [6, 6.07) is 10.3. The summed E-state index contributed by atoms with van der Waals surface area (Å²) in [5, 5.41) is 0.729. The van der Waals surface area contributed by atoms with Crippen LogP contribution in [-0.4, -0.2) is 11.0 Å². The molecule has 0 saturated heterocycles. The third-order valence-electron chi connectivity index (χ3n) is 2.51. The minimum absolute atomic E-state index is 0.00783. The second-order valence-electron chi connectivity index (χ2n) is 4.00. The zero-order valence-electron chi connectivity index (χ0n) is 10.2. The van der Waals surface area contributed by atoms with Gasteiger partial charge in [-0.2, -0.15) is 0 Å². The number of aryl methyl sites for hydroxylation is 1. The molecule has 1 aromatic carbocycles. The highest BCUT2D eigenvalue weighted by molar-refractivity contribution is 6.32. The summed E-state index contributed by atoms with van der Waals surface area (Å²) < 4.78 is 5.15. The summed E-state index contributed by atoms with van der Waals surface area (Å²) >= 11 is 11.7. The average Bonchev–Trinajstić information content (AvgIpc) is 2.40. The Labute approximate surface area is 121 Å². The summed E-state index contributed by atoms with van der Waals surface area (Å²) in [6.45, 7) is 1.94. The number of esters is 1. The highest BCUT2D eigenvalue weighted by Gasteiger charge is 2.09. The molecule has 0 N–H and O–H groups in total. The Kier molecular flexibility index (Phi) is 4.40. The predicted molar refractivity (Wildman–Crippen MR) is 74.6 cm³/mol. The molecular weight excluding hydrogens is 285 g/mol. The molecule has 2 rings (SSSR count). The molecule has 5 heteroatoms.